The van der Waals surface area contributed by atoms with Gasteiger partial charge in [-0.05, 0) is 24.2 Å². The van der Waals surface area contributed by atoms with E-state index < -0.39 is 0 Å². The second-order valence-electron chi connectivity index (χ2n) is 3.35. The molecule has 4 heteroatoms. The summed E-state index contributed by atoms with van der Waals surface area (Å²) in [6, 6.07) is 8.99. The van der Waals surface area contributed by atoms with Crippen molar-refractivity contribution >= 4 is 0 Å². The summed E-state index contributed by atoms with van der Waals surface area (Å²) < 4.78 is 5.44. The number of nitrogens with one attached hydrogen (secondary N) is 1. The maximum absolute atomic E-state index is 8.86. The van der Waals surface area contributed by atoms with Crippen molar-refractivity contribution in [3.63, 3.8) is 0 Å². The molecule has 0 saturated heterocycles. The molecule has 1 unspecified atom stereocenters. The lowest BCUT2D eigenvalue weighted by molar-refractivity contribution is 0.279. The third-order valence-corrected chi connectivity index (χ3v) is 2.13. The minimum absolute atomic E-state index is 0.0263. The lowest BCUT2D eigenvalue weighted by atomic mass is 10.2. The number of nitrogens with zero attached hydrogens (tertiary/aromatic N) is 1. The highest BCUT2D eigenvalue weighted by atomic mass is 16.5. The highest BCUT2D eigenvalue weighted by Gasteiger charge is 2.05. The SMILES string of the molecule is CCNC(C#N)COc1ccc(CO)cc1. The Kier molecular flexibility index (Phi) is 5.34. The number of benzene rings is 1. The normalized spacial score (nSPS) is 11.8. The van der Waals surface area contributed by atoms with Crippen LogP contribution in [0, 0.1) is 11.3 Å². The highest BCUT2D eigenvalue weighted by Crippen LogP contribution is 2.12. The Labute approximate surface area is 95.5 Å². The van der Waals surface area contributed by atoms with Gasteiger partial charge in [-0.3, -0.25) is 5.32 Å². The molecule has 0 radical (unpaired) electrons. The molecule has 2 N–H and O–H groups in total. The molecule has 0 fully saturated rings. The van der Waals surface area contributed by atoms with Crippen LogP contribution in [0.25, 0.3) is 0 Å². The molecule has 0 aliphatic heterocycles. The summed E-state index contributed by atoms with van der Waals surface area (Å²) >= 11 is 0. The first kappa shape index (κ1) is 12.5. The number of hydrogen-bond donors (Lipinski definition) is 2. The van der Waals surface area contributed by atoms with Crippen LogP contribution >= 0.6 is 0 Å². The summed E-state index contributed by atoms with van der Waals surface area (Å²) in [5, 5.41) is 20.7. The van der Waals surface area contributed by atoms with E-state index >= 15 is 0 Å². The predicted octanol–water partition coefficient (Wildman–Crippen LogP) is 1.06. The van der Waals surface area contributed by atoms with Crippen molar-refractivity contribution in [3.8, 4) is 11.8 Å². The summed E-state index contributed by atoms with van der Waals surface area (Å²) in [6.07, 6.45) is 0. The van der Waals surface area contributed by atoms with E-state index in [4.69, 9.17) is 15.1 Å². The largest absolute Gasteiger partial charge is 0.491 e. The molecule has 0 aliphatic rings. The van der Waals surface area contributed by atoms with Gasteiger partial charge in [0.2, 0.25) is 0 Å². The summed E-state index contributed by atoms with van der Waals surface area (Å²) in [5.41, 5.74) is 0.843. The second-order valence-corrected chi connectivity index (χ2v) is 3.35. The minimum Gasteiger partial charge on any atom is -0.491 e. The van der Waals surface area contributed by atoms with E-state index in [0.717, 1.165) is 12.1 Å². The van der Waals surface area contributed by atoms with E-state index in [-0.39, 0.29) is 12.6 Å². The average molecular weight is 220 g/mol. The molecular formula is C12H16N2O2. The lowest BCUT2D eigenvalue weighted by Crippen LogP contribution is -2.32. The van der Waals surface area contributed by atoms with Gasteiger partial charge in [0.05, 0.1) is 12.7 Å². The molecule has 0 aliphatic carbocycles. The molecule has 0 aromatic heterocycles. The van der Waals surface area contributed by atoms with Gasteiger partial charge in [-0.2, -0.15) is 5.26 Å². The van der Waals surface area contributed by atoms with Crippen molar-refractivity contribution in [2.75, 3.05) is 13.2 Å². The molecule has 0 spiro atoms. The number of likely N-dealkylation sites (N-methyl/N-ethyl adjacent to an activating group) is 1. The third kappa shape index (κ3) is 3.89. The maximum atomic E-state index is 8.86. The van der Waals surface area contributed by atoms with E-state index in [1.807, 2.05) is 6.92 Å². The van der Waals surface area contributed by atoms with Crippen molar-refractivity contribution in [3.05, 3.63) is 29.8 Å². The standard InChI is InChI=1S/C12H16N2O2/c1-2-14-11(7-13)9-16-12-5-3-10(8-15)4-6-12/h3-6,11,14-15H,2,8-9H2,1H3. The van der Waals surface area contributed by atoms with Gasteiger partial charge in [0.1, 0.15) is 18.4 Å². The van der Waals surface area contributed by atoms with Gasteiger partial charge in [0.15, 0.2) is 0 Å². The molecule has 1 rings (SSSR count). The van der Waals surface area contributed by atoms with Crippen molar-refractivity contribution in [2.24, 2.45) is 0 Å². The number of hydrogen-bond acceptors (Lipinski definition) is 4. The van der Waals surface area contributed by atoms with E-state index in [2.05, 4.69) is 11.4 Å². The topological polar surface area (TPSA) is 65.3 Å². The van der Waals surface area contributed by atoms with Gasteiger partial charge in [0, 0.05) is 0 Å². The fourth-order valence-corrected chi connectivity index (χ4v) is 1.26. The van der Waals surface area contributed by atoms with Crippen molar-refractivity contribution in [1.29, 1.82) is 5.26 Å². The molecule has 0 bridgehead atoms. The van der Waals surface area contributed by atoms with Gasteiger partial charge >= 0.3 is 0 Å². The summed E-state index contributed by atoms with van der Waals surface area (Å²) in [6.45, 7) is 3.03. The first-order valence-corrected chi connectivity index (χ1v) is 5.25. The van der Waals surface area contributed by atoms with Crippen LogP contribution in [-0.2, 0) is 6.61 Å². The molecule has 1 atom stereocenters. The van der Waals surface area contributed by atoms with E-state index in [9.17, 15) is 0 Å². The second kappa shape index (κ2) is 6.83. The Morgan fingerprint density at radius 1 is 1.44 bits per heavy atom. The summed E-state index contributed by atoms with van der Waals surface area (Å²) in [7, 11) is 0. The first-order chi connectivity index (χ1) is 7.80. The van der Waals surface area contributed by atoms with Crippen molar-refractivity contribution in [1.82, 2.24) is 5.32 Å². The molecule has 16 heavy (non-hydrogen) atoms. The van der Waals surface area contributed by atoms with Gasteiger partial charge in [-0.1, -0.05) is 19.1 Å². The lowest BCUT2D eigenvalue weighted by Gasteiger charge is -2.11. The molecule has 0 heterocycles. The van der Waals surface area contributed by atoms with Gasteiger partial charge in [0.25, 0.3) is 0 Å². The molecule has 0 amide bonds. The quantitative estimate of drug-likeness (QED) is 0.752. The highest BCUT2D eigenvalue weighted by molar-refractivity contribution is 5.26. The fourth-order valence-electron chi connectivity index (χ4n) is 1.26. The number of aliphatic hydroxyl groups excluding tert-OH is 1. The van der Waals surface area contributed by atoms with Crippen LogP contribution in [0.3, 0.4) is 0 Å². The van der Waals surface area contributed by atoms with E-state index in [0.29, 0.717) is 12.4 Å². The van der Waals surface area contributed by atoms with Gasteiger partial charge in [-0.25, -0.2) is 0 Å². The first-order valence-electron chi connectivity index (χ1n) is 5.25. The Hall–Kier alpha value is -1.57. The van der Waals surface area contributed by atoms with E-state index in [1.165, 1.54) is 0 Å². The zero-order valence-corrected chi connectivity index (χ0v) is 9.31. The van der Waals surface area contributed by atoms with Gasteiger partial charge < -0.3 is 9.84 Å². The van der Waals surface area contributed by atoms with Crippen LogP contribution in [0.15, 0.2) is 24.3 Å². The Morgan fingerprint density at radius 2 is 2.12 bits per heavy atom. The number of rotatable bonds is 6. The zero-order chi connectivity index (χ0) is 11.8. The van der Waals surface area contributed by atoms with Crippen LogP contribution < -0.4 is 10.1 Å². The number of nitriles is 1. The zero-order valence-electron chi connectivity index (χ0n) is 9.31. The number of ether oxygens (including phenoxy) is 1. The monoisotopic (exact) mass is 220 g/mol. The third-order valence-electron chi connectivity index (χ3n) is 2.13. The van der Waals surface area contributed by atoms with Crippen molar-refractivity contribution < 1.29 is 9.84 Å². The average Bonchev–Trinajstić information content (AvgIpc) is 2.35. The van der Waals surface area contributed by atoms with Crippen LogP contribution in [0.1, 0.15) is 12.5 Å². The molecule has 0 saturated carbocycles. The maximum Gasteiger partial charge on any atom is 0.130 e. The molecular weight excluding hydrogens is 204 g/mol. The smallest absolute Gasteiger partial charge is 0.130 e. The molecule has 1 aromatic rings. The van der Waals surface area contributed by atoms with Crippen LogP contribution in [0.5, 0.6) is 5.75 Å². The molecule has 86 valence electrons. The van der Waals surface area contributed by atoms with Crippen LogP contribution in [-0.4, -0.2) is 24.3 Å². The number of aliphatic hydroxyl groups is 1. The Balaban J connectivity index is 2.44. The van der Waals surface area contributed by atoms with Crippen molar-refractivity contribution in [2.45, 2.75) is 19.6 Å². The Bertz CT molecular complexity index is 343. The fraction of sp³-hybridized carbons (Fsp3) is 0.417. The van der Waals surface area contributed by atoms with E-state index in [1.54, 1.807) is 24.3 Å². The molecule has 4 nitrogen and oxygen atoms in total. The summed E-state index contributed by atoms with van der Waals surface area (Å²) in [5.74, 6) is 0.704. The molecule has 1 aromatic carbocycles. The van der Waals surface area contributed by atoms with Gasteiger partial charge in [-0.15, -0.1) is 0 Å². The predicted molar refractivity (Wildman–Crippen MR) is 60.9 cm³/mol. The Morgan fingerprint density at radius 3 is 2.62 bits per heavy atom. The van der Waals surface area contributed by atoms with Crippen LogP contribution in [0.2, 0.25) is 0 Å². The van der Waals surface area contributed by atoms with Crippen LogP contribution in [0.4, 0.5) is 0 Å². The summed E-state index contributed by atoms with van der Waals surface area (Å²) in [4.78, 5) is 0. The minimum atomic E-state index is -0.289.